The molecule has 0 aromatic heterocycles. The highest BCUT2D eigenvalue weighted by molar-refractivity contribution is 6.57. The van der Waals surface area contributed by atoms with Gasteiger partial charge >= 0.3 is 44.0 Å². The molecule has 0 spiro atoms. The molecule has 0 radical (unpaired) electrons. The second kappa shape index (κ2) is 65.8. The first kappa shape index (κ1) is 109. The van der Waals surface area contributed by atoms with Crippen molar-refractivity contribution < 1.29 is 151 Å². The van der Waals surface area contributed by atoms with E-state index in [4.69, 9.17) is 95.4 Å². The maximum atomic E-state index is 11.1. The van der Waals surface area contributed by atoms with Crippen LogP contribution in [0.4, 0.5) is 0 Å². The van der Waals surface area contributed by atoms with E-state index in [-0.39, 0.29) is 214 Å². The number of aliphatic hydroxyl groups excluding tert-OH is 8. The molecule has 646 valence electrons. The molecular formula is C67H152N4O31Si5. The molecule has 0 aliphatic heterocycles. The van der Waals surface area contributed by atoms with Gasteiger partial charge in [-0.25, -0.2) is 0 Å². The van der Waals surface area contributed by atoms with Gasteiger partial charge in [0, 0.05) is 162 Å². The zero-order valence-corrected chi connectivity index (χ0v) is 70.5. The summed E-state index contributed by atoms with van der Waals surface area (Å²) in [6.07, 6.45) is 6.57. The summed E-state index contributed by atoms with van der Waals surface area (Å²) >= 11 is 0. The number of rotatable bonds is 76. The lowest BCUT2D eigenvalue weighted by atomic mass is 10.0. The smallest absolute Gasteiger partial charge is 0.390 e. The van der Waals surface area contributed by atoms with Gasteiger partial charge in [0.25, 0.3) is 0 Å². The first-order chi connectivity index (χ1) is 50.2. The minimum Gasteiger partial charge on any atom is -0.390 e. The maximum absolute atomic E-state index is 11.1. The average molecular weight is 1650 g/mol. The Morgan fingerprint density at radius 1 is 0.224 bits per heavy atom. The van der Waals surface area contributed by atoms with Crippen molar-refractivity contribution in [3.05, 3.63) is 0 Å². The predicted octanol–water partition coefficient (Wildman–Crippen LogP) is -3.62. The topological polar surface area (TPSA) is 552 Å². The molecule has 23 N–H and O–H groups in total. The molecule has 40 heteroatoms. The van der Waals surface area contributed by atoms with Crippen LogP contribution in [0.1, 0.15) is 151 Å². The van der Waals surface area contributed by atoms with Gasteiger partial charge in [0.15, 0.2) is 0 Å². The van der Waals surface area contributed by atoms with Crippen LogP contribution in [0.5, 0.6) is 0 Å². The number of hydrogen-bond acceptors (Lipinski definition) is 35. The number of ether oxygens (including phenoxy) is 8. The van der Waals surface area contributed by atoms with Crippen LogP contribution < -0.4 is 0 Å². The summed E-state index contributed by atoms with van der Waals surface area (Å²) in [5.41, 5.74) is 0. The number of hydrogen-bond donors (Lipinski definition) is 23. The van der Waals surface area contributed by atoms with Crippen LogP contribution in [0.3, 0.4) is 0 Å². The van der Waals surface area contributed by atoms with Crippen molar-refractivity contribution in [3.8, 4) is 0 Å². The van der Waals surface area contributed by atoms with E-state index < -0.39 is 92.9 Å². The molecule has 0 amide bonds. The molecular weight excluding hydrogens is 1500 g/mol. The van der Waals surface area contributed by atoms with Crippen LogP contribution in [0, 0.1) is 17.8 Å². The Bertz CT molecular complexity index is 1810. The summed E-state index contributed by atoms with van der Waals surface area (Å²) in [6, 6.07) is -1.10. The largest absolute Gasteiger partial charge is 0.492 e. The second-order valence-corrected chi connectivity index (χ2v) is 39.1. The van der Waals surface area contributed by atoms with E-state index in [0.717, 1.165) is 77.0 Å². The first-order valence-corrected chi connectivity index (χ1v) is 49.3. The Morgan fingerprint density at radius 2 is 0.383 bits per heavy atom. The second-order valence-electron chi connectivity index (χ2n) is 28.9. The molecule has 0 saturated heterocycles. The Balaban J connectivity index is 0. The van der Waals surface area contributed by atoms with E-state index in [1.54, 1.807) is 9.80 Å². The molecule has 0 fully saturated rings. The van der Waals surface area contributed by atoms with Gasteiger partial charge in [-0.1, -0.05) is 99.3 Å². The van der Waals surface area contributed by atoms with Crippen LogP contribution >= 0.6 is 0 Å². The zero-order valence-electron chi connectivity index (χ0n) is 65.5. The van der Waals surface area contributed by atoms with Gasteiger partial charge in [-0.2, -0.15) is 0 Å². The molecule has 35 nitrogen and oxygen atoms in total. The lowest BCUT2D eigenvalue weighted by Crippen LogP contribution is -2.47. The number of aliphatic hydroxyl groups is 8. The molecule has 0 bridgehead atoms. The minimum absolute atomic E-state index is 0.000610. The Kier molecular flexibility index (Phi) is 66.9. The predicted molar refractivity (Wildman–Crippen MR) is 409 cm³/mol. The van der Waals surface area contributed by atoms with Gasteiger partial charge < -0.3 is 151 Å². The summed E-state index contributed by atoms with van der Waals surface area (Å²) in [4.78, 5) is 145. The minimum atomic E-state index is -4.22. The van der Waals surface area contributed by atoms with E-state index in [1.165, 1.54) is 0 Å². The molecule has 0 aliphatic rings. The van der Waals surface area contributed by atoms with Crippen LogP contribution in [-0.2, 0) is 37.9 Å². The fourth-order valence-electron chi connectivity index (χ4n) is 11.4. The molecule has 0 aromatic carbocycles. The average Bonchev–Trinajstić information content (AvgIpc) is 0.913. The summed E-state index contributed by atoms with van der Waals surface area (Å²) in [5.74, 6) is 1.37. The van der Waals surface area contributed by atoms with E-state index in [9.17, 15) is 55.2 Å². The monoisotopic (exact) mass is 1650 g/mol. The fraction of sp³-hybridized carbons (Fsp3) is 1.00. The third-order valence-electron chi connectivity index (χ3n) is 17.4. The molecule has 11 unspecified atom stereocenters. The molecule has 107 heavy (non-hydrogen) atoms. The van der Waals surface area contributed by atoms with Crippen molar-refractivity contribution in [1.82, 2.24) is 19.6 Å². The van der Waals surface area contributed by atoms with Crippen molar-refractivity contribution in [2.45, 2.75) is 230 Å². The van der Waals surface area contributed by atoms with E-state index >= 15 is 0 Å². The van der Waals surface area contributed by atoms with E-state index in [1.807, 2.05) is 9.80 Å². The van der Waals surface area contributed by atoms with Crippen molar-refractivity contribution in [2.24, 2.45) is 17.8 Å². The Labute approximate surface area is 643 Å². The van der Waals surface area contributed by atoms with Crippen LogP contribution in [0.25, 0.3) is 0 Å². The SMILES string of the molecule is CCCCC(CC)COCC(O)CN(CCN(CC(O)COCC(CC)CCCC)CC(O)COCC(CC)CCCC)CC(O)COCCC[Si](O)(O)O.OC(COCCC[Si](O)(O)O)CN(CCN(CC(O)COCCC[Si](O)(O)O)CC(O)COCCC[Si](O)(O)O)CC(O)COCCC[Si](O)(O)O. The molecule has 0 heterocycles. The molecule has 11 atom stereocenters. The molecule has 0 aromatic rings. The van der Waals surface area contributed by atoms with Crippen LogP contribution in [-0.4, -0.2) is 409 Å². The Morgan fingerprint density at radius 3 is 0.523 bits per heavy atom. The highest BCUT2D eigenvalue weighted by atomic mass is 28.4. The number of unbranched alkanes of at least 4 members (excludes halogenated alkanes) is 3. The quantitative estimate of drug-likeness (QED) is 0.0206. The van der Waals surface area contributed by atoms with Gasteiger partial charge in [0.05, 0.1) is 102 Å². The lowest BCUT2D eigenvalue weighted by molar-refractivity contribution is -0.0306. The normalized spacial score (nSPS) is 16.1. The molecule has 0 saturated carbocycles. The summed E-state index contributed by atoms with van der Waals surface area (Å²) in [7, 11) is -21.0. The highest BCUT2D eigenvalue weighted by Crippen LogP contribution is 2.18. The van der Waals surface area contributed by atoms with E-state index in [2.05, 4.69) is 41.5 Å². The van der Waals surface area contributed by atoms with Gasteiger partial charge in [-0.15, -0.1) is 0 Å². The fourth-order valence-corrected chi connectivity index (χ4v) is 14.5. The zero-order chi connectivity index (χ0) is 81.2. The van der Waals surface area contributed by atoms with Crippen molar-refractivity contribution in [2.75, 3.05) is 184 Å². The highest BCUT2D eigenvalue weighted by Gasteiger charge is 2.31. The van der Waals surface area contributed by atoms with Gasteiger partial charge in [0.2, 0.25) is 0 Å². The van der Waals surface area contributed by atoms with Gasteiger partial charge in [-0.3, -0.25) is 19.6 Å². The lowest BCUT2D eigenvalue weighted by Gasteiger charge is -2.32. The molecule has 0 rings (SSSR count). The summed E-state index contributed by atoms with van der Waals surface area (Å²) in [5, 5.41) is 86.7. The molecule has 0 aliphatic carbocycles. The van der Waals surface area contributed by atoms with Gasteiger partial charge in [-0.05, 0) is 69.1 Å². The summed E-state index contributed by atoms with van der Waals surface area (Å²) < 4.78 is 44.9. The summed E-state index contributed by atoms with van der Waals surface area (Å²) in [6.45, 7) is 17.2. The van der Waals surface area contributed by atoms with Gasteiger partial charge in [0.1, 0.15) is 0 Å². The van der Waals surface area contributed by atoms with Crippen molar-refractivity contribution in [1.29, 1.82) is 0 Å². The maximum Gasteiger partial charge on any atom is 0.492 e. The standard InChI is InChI=1S/C41H88N2O11Si.C26H64N2O20Si4/c1-7-13-17-35(10-4)28-52-32-39(45)25-42(24-38(44)31-51-22-16-23-55(48,49)50)20-21-43(26-40(46)33-53-29-36(11-5)18-14-8-2)27-41(47)34-54-30-37(12-6)19-15-9-3;29-23(19-45-7-1-11-49(33,34)35)15-27(16-24(30)20-46-8-2-12-50(36,37)38)5-6-28(17-25(31)21-47-9-3-13-51(39,40)41)18-26(32)22-48-10-4-14-52(42,43)44/h35-41,44-50H,7-34H2,1-6H3;23-26,29-44H,1-22H2. The number of nitrogens with zero attached hydrogens (tertiary/aromatic N) is 4. The van der Waals surface area contributed by atoms with Crippen molar-refractivity contribution >= 4 is 44.0 Å². The van der Waals surface area contributed by atoms with E-state index in [0.29, 0.717) is 50.7 Å². The third kappa shape index (κ3) is 75.5. The first-order valence-electron chi connectivity index (χ1n) is 39.0. The van der Waals surface area contributed by atoms with Crippen LogP contribution in [0.2, 0.25) is 30.2 Å². The Hall–Kier alpha value is -0.316. The van der Waals surface area contributed by atoms with Crippen LogP contribution in [0.15, 0.2) is 0 Å². The van der Waals surface area contributed by atoms with Crippen molar-refractivity contribution in [3.63, 3.8) is 0 Å². The third-order valence-corrected chi connectivity index (χ3v) is 22.5.